The van der Waals surface area contributed by atoms with Crippen molar-refractivity contribution in [2.75, 3.05) is 4.44 Å². The number of rotatable bonds is 5. The Morgan fingerprint density at radius 2 is 1.83 bits per heavy atom. The molecule has 2 unspecified atom stereocenters. The van der Waals surface area contributed by atoms with E-state index in [1.165, 1.54) is 31.2 Å². The van der Waals surface area contributed by atoms with Gasteiger partial charge in [-0.15, -0.1) is 0 Å². The summed E-state index contributed by atoms with van der Waals surface area (Å²) in [6.07, 6.45) is 5.62. The van der Waals surface area contributed by atoms with Crippen molar-refractivity contribution in [1.29, 1.82) is 0 Å². The summed E-state index contributed by atoms with van der Waals surface area (Å²) >= 11 is 8.50. The molecule has 0 aliphatic heterocycles. The number of hydrogen-bond acceptors (Lipinski definition) is 2. The molecule has 98 valence electrons. The molecule has 18 heavy (non-hydrogen) atoms. The lowest BCUT2D eigenvalue weighted by atomic mass is 10.3. The molecule has 3 rings (SSSR count). The first-order chi connectivity index (χ1) is 8.63. The third kappa shape index (κ3) is 3.48. The van der Waals surface area contributed by atoms with Crippen LogP contribution >= 0.6 is 51.7 Å². The van der Waals surface area contributed by atoms with Crippen LogP contribution in [0.2, 0.25) is 5.15 Å². The molecule has 2 atom stereocenters. The van der Waals surface area contributed by atoms with E-state index in [4.69, 9.17) is 11.6 Å². The molecule has 2 saturated carbocycles. The molecule has 1 aromatic heterocycles. The Hall–Kier alpha value is 0.830. The maximum Gasteiger partial charge on any atom is 0.145 e. The minimum atomic E-state index is 0.664. The Morgan fingerprint density at radius 1 is 1.28 bits per heavy atom. The lowest BCUT2D eigenvalue weighted by Crippen LogP contribution is -2.06. The Morgan fingerprint density at radius 3 is 2.28 bits per heavy atom. The summed E-state index contributed by atoms with van der Waals surface area (Å²) in [6.45, 7) is 2.12. The summed E-state index contributed by atoms with van der Waals surface area (Å²) in [5, 5.41) is 0.664. The standard InChI is InChI=1S/C12H16ClIN2P2/c1-7-6-10(15-12(13)11(7)14)16(17-8-2-3-8)18-9-4-5-9/h6,8-9,17-18H,2-5H2,1H3. The summed E-state index contributed by atoms with van der Waals surface area (Å²) in [4.78, 5) is 4.59. The average Bonchev–Trinajstić information content (AvgIpc) is 3.18. The third-order valence-corrected chi connectivity index (χ3v) is 8.68. The van der Waals surface area contributed by atoms with E-state index in [2.05, 4.69) is 45.0 Å². The fraction of sp³-hybridized carbons (Fsp3) is 0.583. The first kappa shape index (κ1) is 13.8. The molecule has 0 N–H and O–H groups in total. The van der Waals surface area contributed by atoms with Crippen molar-refractivity contribution in [3.05, 3.63) is 20.4 Å². The maximum absolute atomic E-state index is 6.23. The summed E-state index contributed by atoms with van der Waals surface area (Å²) < 4.78 is 3.60. The van der Waals surface area contributed by atoms with Crippen LogP contribution in [0, 0.1) is 10.5 Å². The fourth-order valence-electron chi connectivity index (χ4n) is 1.68. The summed E-state index contributed by atoms with van der Waals surface area (Å²) in [6, 6.07) is 2.21. The van der Waals surface area contributed by atoms with E-state index in [9.17, 15) is 0 Å². The molecule has 0 saturated heterocycles. The first-order valence-electron chi connectivity index (χ1n) is 6.28. The second-order valence-electron chi connectivity index (χ2n) is 5.04. The number of anilines is 1. The van der Waals surface area contributed by atoms with Gasteiger partial charge in [0.25, 0.3) is 0 Å². The van der Waals surface area contributed by atoms with E-state index in [1.54, 1.807) is 0 Å². The zero-order chi connectivity index (χ0) is 12.7. The van der Waals surface area contributed by atoms with Gasteiger partial charge in [0.15, 0.2) is 0 Å². The molecular weight excluding hydrogens is 396 g/mol. The summed E-state index contributed by atoms with van der Waals surface area (Å²) in [7, 11) is 1.83. The molecule has 2 aliphatic rings. The molecule has 0 amide bonds. The maximum atomic E-state index is 6.23. The van der Waals surface area contributed by atoms with E-state index >= 15 is 0 Å². The second-order valence-corrected chi connectivity index (χ2v) is 9.97. The SMILES string of the molecule is Cc1cc(N(PC2CC2)PC2CC2)nc(Cl)c1I. The second kappa shape index (κ2) is 5.68. The van der Waals surface area contributed by atoms with E-state index in [-0.39, 0.29) is 0 Å². The van der Waals surface area contributed by atoms with Crippen LogP contribution in [0.5, 0.6) is 0 Å². The van der Waals surface area contributed by atoms with Gasteiger partial charge >= 0.3 is 0 Å². The number of aromatic nitrogens is 1. The lowest BCUT2D eigenvalue weighted by molar-refractivity contribution is 1.23. The van der Waals surface area contributed by atoms with Crippen molar-refractivity contribution in [3.8, 4) is 0 Å². The number of aryl methyl sites for hydroxylation is 1. The third-order valence-electron chi connectivity index (χ3n) is 3.09. The van der Waals surface area contributed by atoms with E-state index < -0.39 is 0 Å². The molecule has 6 heteroatoms. The van der Waals surface area contributed by atoms with Gasteiger partial charge in [-0.25, -0.2) is 4.98 Å². The van der Waals surface area contributed by atoms with Gasteiger partial charge in [-0.05, 0) is 95.6 Å². The minimum absolute atomic E-state index is 0.664. The number of nitrogens with zero attached hydrogens (tertiary/aromatic N) is 2. The average molecular weight is 413 g/mol. The van der Waals surface area contributed by atoms with Gasteiger partial charge in [0.2, 0.25) is 0 Å². The normalized spacial score (nSPS) is 20.4. The molecule has 0 radical (unpaired) electrons. The molecule has 0 bridgehead atoms. The number of pyridine rings is 1. The Balaban J connectivity index is 1.82. The zero-order valence-electron chi connectivity index (χ0n) is 10.2. The molecule has 2 nitrogen and oxygen atoms in total. The van der Waals surface area contributed by atoms with Crippen LogP contribution in [0.15, 0.2) is 6.07 Å². The first-order valence-corrected chi connectivity index (χ1v) is 9.79. The number of halogens is 2. The monoisotopic (exact) mass is 412 g/mol. The highest BCUT2D eigenvalue weighted by Crippen LogP contribution is 2.54. The zero-order valence-corrected chi connectivity index (χ0v) is 15.1. The molecule has 1 heterocycles. The molecule has 2 fully saturated rings. The van der Waals surface area contributed by atoms with Crippen LogP contribution in [0.4, 0.5) is 5.82 Å². The van der Waals surface area contributed by atoms with Crippen molar-refractivity contribution in [3.63, 3.8) is 0 Å². The molecular formula is C12H16ClIN2P2. The van der Waals surface area contributed by atoms with Crippen LogP contribution in [-0.4, -0.2) is 16.3 Å². The van der Waals surface area contributed by atoms with Gasteiger partial charge in [-0.1, -0.05) is 11.6 Å². The van der Waals surface area contributed by atoms with Gasteiger partial charge in [-0.3, -0.25) is 0 Å². The largest absolute Gasteiger partial charge is 0.319 e. The van der Waals surface area contributed by atoms with E-state index in [0.717, 1.165) is 38.2 Å². The Kier molecular flexibility index (Phi) is 4.35. The van der Waals surface area contributed by atoms with Gasteiger partial charge in [0.05, 0.1) is 3.57 Å². The molecule has 1 aromatic rings. The Bertz CT molecular complexity index is 426. The predicted octanol–water partition coefficient (Wildman–Crippen LogP) is 4.97. The van der Waals surface area contributed by atoms with Crippen molar-refractivity contribution in [2.24, 2.45) is 0 Å². The van der Waals surface area contributed by atoms with Crippen LogP contribution in [0.1, 0.15) is 31.2 Å². The van der Waals surface area contributed by atoms with E-state index in [0.29, 0.717) is 5.15 Å². The highest BCUT2D eigenvalue weighted by atomic mass is 127. The minimum Gasteiger partial charge on any atom is -0.319 e. The van der Waals surface area contributed by atoms with Crippen LogP contribution in [-0.2, 0) is 0 Å². The molecule has 0 aromatic carbocycles. The van der Waals surface area contributed by atoms with Crippen molar-refractivity contribution >= 4 is 57.5 Å². The lowest BCUT2D eigenvalue weighted by Gasteiger charge is -2.24. The molecule has 0 spiro atoms. The van der Waals surface area contributed by atoms with Gasteiger partial charge in [-0.2, -0.15) is 0 Å². The van der Waals surface area contributed by atoms with Crippen molar-refractivity contribution < 1.29 is 0 Å². The van der Waals surface area contributed by atoms with Crippen LogP contribution < -0.4 is 4.44 Å². The van der Waals surface area contributed by atoms with Crippen LogP contribution in [0.3, 0.4) is 0 Å². The van der Waals surface area contributed by atoms with Crippen molar-refractivity contribution in [2.45, 2.75) is 43.9 Å². The molecule has 2 aliphatic carbocycles. The van der Waals surface area contributed by atoms with Gasteiger partial charge < -0.3 is 4.44 Å². The fourth-order valence-corrected chi connectivity index (χ4v) is 5.65. The smallest absolute Gasteiger partial charge is 0.145 e. The highest BCUT2D eigenvalue weighted by Gasteiger charge is 2.30. The topological polar surface area (TPSA) is 16.1 Å². The van der Waals surface area contributed by atoms with Gasteiger partial charge in [0.1, 0.15) is 11.0 Å². The summed E-state index contributed by atoms with van der Waals surface area (Å²) in [5.74, 6) is 1.10. The highest BCUT2D eigenvalue weighted by molar-refractivity contribution is 14.1. The quantitative estimate of drug-likeness (QED) is 0.386. The summed E-state index contributed by atoms with van der Waals surface area (Å²) in [5.41, 5.74) is 3.10. The van der Waals surface area contributed by atoms with Crippen molar-refractivity contribution in [1.82, 2.24) is 4.98 Å². The van der Waals surface area contributed by atoms with Gasteiger partial charge in [0, 0.05) is 0 Å². The Labute approximate surface area is 130 Å². The number of hydrogen-bond donors (Lipinski definition) is 0. The predicted molar refractivity (Wildman–Crippen MR) is 91.9 cm³/mol. The van der Waals surface area contributed by atoms with Crippen LogP contribution in [0.25, 0.3) is 0 Å². The van der Waals surface area contributed by atoms with E-state index in [1.807, 2.05) is 0 Å².